The summed E-state index contributed by atoms with van der Waals surface area (Å²) in [5.74, 6) is 8.96. The number of carbonyl (C=O) groups excluding carboxylic acids is 2. The first-order valence-electron chi connectivity index (χ1n) is 13.7. The van der Waals surface area contributed by atoms with Gasteiger partial charge in [0, 0.05) is 12.3 Å². The van der Waals surface area contributed by atoms with Crippen LogP contribution in [0.3, 0.4) is 0 Å². The number of carbonyl (C=O) groups is 2. The lowest BCUT2D eigenvalue weighted by molar-refractivity contribution is -0.132. The number of hydrogen-bond acceptors (Lipinski definition) is 6. The molecule has 3 N–H and O–H groups in total. The number of nitrogens with zero attached hydrogens (tertiary/aromatic N) is 4. The SMILES string of the molecule is C[C@]12CC[C@H]3[C@@H](CCC4=CC(=O)CC[C@@]43C)[C@@H]1CC[C@@H]2C(=O)NCC#CCn1cnc2c(N)ncnc21. The van der Waals surface area contributed by atoms with Crippen molar-refractivity contribution in [3.8, 4) is 11.8 Å². The van der Waals surface area contributed by atoms with Gasteiger partial charge in [0.1, 0.15) is 11.8 Å². The maximum Gasteiger partial charge on any atom is 0.224 e. The van der Waals surface area contributed by atoms with E-state index in [9.17, 15) is 9.59 Å². The summed E-state index contributed by atoms with van der Waals surface area (Å²) in [5.41, 5.74) is 8.71. The maximum absolute atomic E-state index is 13.3. The number of nitrogens with two attached hydrogens (primary N) is 1. The molecule has 2 aromatic rings. The highest BCUT2D eigenvalue weighted by Crippen LogP contribution is 2.66. The molecule has 6 rings (SSSR count). The van der Waals surface area contributed by atoms with Crippen LogP contribution >= 0.6 is 0 Å². The van der Waals surface area contributed by atoms with Crippen LogP contribution in [0.2, 0.25) is 0 Å². The molecule has 3 fully saturated rings. The van der Waals surface area contributed by atoms with Crippen molar-refractivity contribution < 1.29 is 9.59 Å². The van der Waals surface area contributed by atoms with Crippen molar-refractivity contribution in [3.05, 3.63) is 24.3 Å². The van der Waals surface area contributed by atoms with E-state index in [1.165, 1.54) is 18.3 Å². The first-order valence-corrected chi connectivity index (χ1v) is 13.7. The van der Waals surface area contributed by atoms with E-state index in [0.29, 0.717) is 60.0 Å². The molecule has 3 saturated carbocycles. The van der Waals surface area contributed by atoms with Gasteiger partial charge in [-0.3, -0.25) is 9.59 Å². The lowest BCUT2D eigenvalue weighted by Gasteiger charge is -2.58. The van der Waals surface area contributed by atoms with Gasteiger partial charge < -0.3 is 15.6 Å². The van der Waals surface area contributed by atoms with E-state index in [2.05, 4.69) is 46.0 Å². The average Bonchev–Trinajstić information content (AvgIpc) is 3.46. The van der Waals surface area contributed by atoms with E-state index in [-0.39, 0.29) is 22.7 Å². The Morgan fingerprint density at radius 2 is 1.97 bits per heavy atom. The molecule has 6 atom stereocenters. The molecule has 8 nitrogen and oxygen atoms in total. The number of amides is 1. The van der Waals surface area contributed by atoms with E-state index >= 15 is 0 Å². The molecule has 0 saturated heterocycles. The van der Waals surface area contributed by atoms with Crippen LogP contribution in [0.5, 0.6) is 0 Å². The molecule has 0 spiro atoms. The van der Waals surface area contributed by atoms with Crippen molar-refractivity contribution >= 4 is 28.7 Å². The zero-order valence-corrected chi connectivity index (χ0v) is 21.8. The Balaban J connectivity index is 1.09. The number of hydrogen-bond donors (Lipinski definition) is 2. The number of rotatable bonds is 3. The minimum absolute atomic E-state index is 0.0511. The van der Waals surface area contributed by atoms with Crippen LogP contribution in [-0.4, -0.2) is 37.8 Å². The quantitative estimate of drug-likeness (QED) is 0.621. The highest BCUT2D eigenvalue weighted by atomic mass is 16.2. The standard InChI is InChI=1S/C29H36N6O2/c1-28-11-9-19(36)15-18(28)5-6-20-21-7-8-23(29(21,2)12-10-22(20)28)27(37)31-13-3-4-14-35-17-34-24-25(30)32-16-33-26(24)35/h15-17,20-23H,5-14H2,1-2H3,(H,31,37)(H2,30,32,33)/t20-,21-,22-,23+,28-,29-/m0/s1. The second kappa shape index (κ2) is 8.97. The zero-order valence-electron chi connectivity index (χ0n) is 21.8. The summed E-state index contributed by atoms with van der Waals surface area (Å²) in [6, 6.07) is 0. The molecule has 2 heterocycles. The largest absolute Gasteiger partial charge is 0.382 e. The predicted octanol–water partition coefficient (Wildman–Crippen LogP) is 3.68. The molecular weight excluding hydrogens is 464 g/mol. The van der Waals surface area contributed by atoms with E-state index in [0.717, 1.165) is 38.5 Å². The Hall–Kier alpha value is -3.21. The monoisotopic (exact) mass is 500 g/mol. The molecule has 2 aromatic heterocycles. The number of aromatic nitrogens is 4. The molecule has 4 aliphatic rings. The minimum Gasteiger partial charge on any atom is -0.382 e. The topological polar surface area (TPSA) is 116 Å². The van der Waals surface area contributed by atoms with Crippen molar-refractivity contribution in [1.82, 2.24) is 24.8 Å². The van der Waals surface area contributed by atoms with Crippen LogP contribution < -0.4 is 11.1 Å². The molecule has 37 heavy (non-hydrogen) atoms. The van der Waals surface area contributed by atoms with Crippen LogP contribution in [0.1, 0.15) is 65.2 Å². The average molecular weight is 501 g/mol. The number of allylic oxidation sites excluding steroid dienone is 1. The smallest absolute Gasteiger partial charge is 0.224 e. The van der Waals surface area contributed by atoms with Gasteiger partial charge in [0.2, 0.25) is 5.91 Å². The number of anilines is 1. The second-order valence-corrected chi connectivity index (χ2v) is 12.0. The summed E-state index contributed by atoms with van der Waals surface area (Å²) >= 11 is 0. The van der Waals surface area contributed by atoms with Gasteiger partial charge in [-0.05, 0) is 79.6 Å². The molecule has 0 aromatic carbocycles. The third-order valence-corrected chi connectivity index (χ3v) is 10.4. The normalized spacial score (nSPS) is 34.5. The predicted molar refractivity (Wildman–Crippen MR) is 141 cm³/mol. The van der Waals surface area contributed by atoms with Crippen LogP contribution in [0.4, 0.5) is 5.82 Å². The summed E-state index contributed by atoms with van der Waals surface area (Å²) in [4.78, 5) is 37.9. The Kier molecular flexibility index (Phi) is 5.85. The summed E-state index contributed by atoms with van der Waals surface area (Å²) < 4.78 is 1.83. The Labute approximate surface area is 217 Å². The van der Waals surface area contributed by atoms with Crippen molar-refractivity contribution in [2.45, 2.75) is 71.8 Å². The molecule has 0 unspecified atom stereocenters. The molecule has 1 amide bonds. The molecule has 8 heteroatoms. The first-order chi connectivity index (χ1) is 17.8. The Morgan fingerprint density at radius 1 is 1.11 bits per heavy atom. The summed E-state index contributed by atoms with van der Waals surface area (Å²) in [5, 5.41) is 3.11. The highest BCUT2D eigenvalue weighted by molar-refractivity contribution is 5.91. The molecule has 4 aliphatic carbocycles. The molecule has 194 valence electrons. The highest BCUT2D eigenvalue weighted by Gasteiger charge is 2.60. The van der Waals surface area contributed by atoms with Crippen molar-refractivity contribution in [3.63, 3.8) is 0 Å². The van der Waals surface area contributed by atoms with Gasteiger partial charge in [0.25, 0.3) is 0 Å². The number of ketones is 1. The van der Waals surface area contributed by atoms with Gasteiger partial charge in [-0.25, -0.2) is 15.0 Å². The van der Waals surface area contributed by atoms with Crippen LogP contribution in [0.15, 0.2) is 24.3 Å². The minimum atomic E-state index is 0.0511. The van der Waals surface area contributed by atoms with E-state index in [1.807, 2.05) is 10.6 Å². The molecule has 0 radical (unpaired) electrons. The van der Waals surface area contributed by atoms with Gasteiger partial charge in [-0.15, -0.1) is 0 Å². The van der Waals surface area contributed by atoms with Crippen LogP contribution in [0, 0.1) is 46.3 Å². The van der Waals surface area contributed by atoms with Gasteiger partial charge in [0.05, 0.1) is 19.4 Å². The van der Waals surface area contributed by atoms with Gasteiger partial charge >= 0.3 is 0 Å². The fourth-order valence-corrected chi connectivity index (χ4v) is 8.46. The fourth-order valence-electron chi connectivity index (χ4n) is 8.46. The van der Waals surface area contributed by atoms with E-state index < -0.39 is 0 Å². The second-order valence-electron chi connectivity index (χ2n) is 12.0. The summed E-state index contributed by atoms with van der Waals surface area (Å²) in [6.45, 7) is 5.55. The summed E-state index contributed by atoms with van der Waals surface area (Å²) in [6.07, 6.45) is 13.3. The molecule has 0 bridgehead atoms. The number of fused-ring (bicyclic) bond motifs is 6. The third kappa shape index (κ3) is 3.86. The first kappa shape index (κ1) is 24.1. The van der Waals surface area contributed by atoms with Crippen LogP contribution in [0.25, 0.3) is 11.2 Å². The van der Waals surface area contributed by atoms with Crippen molar-refractivity contribution in [2.75, 3.05) is 12.3 Å². The number of nitrogens with one attached hydrogen (secondary N) is 1. The van der Waals surface area contributed by atoms with Crippen LogP contribution in [-0.2, 0) is 16.1 Å². The van der Waals surface area contributed by atoms with Crippen molar-refractivity contribution in [2.24, 2.45) is 34.5 Å². The summed E-state index contributed by atoms with van der Waals surface area (Å²) in [7, 11) is 0. The van der Waals surface area contributed by atoms with Gasteiger partial charge in [-0.1, -0.05) is 31.3 Å². The van der Waals surface area contributed by atoms with E-state index in [4.69, 9.17) is 5.73 Å². The maximum atomic E-state index is 13.3. The lowest BCUT2D eigenvalue weighted by atomic mass is 9.47. The Morgan fingerprint density at radius 3 is 2.84 bits per heavy atom. The number of nitrogen functional groups attached to an aromatic ring is 1. The Bertz CT molecular complexity index is 1350. The van der Waals surface area contributed by atoms with E-state index in [1.54, 1.807) is 6.33 Å². The molecular formula is C29H36N6O2. The lowest BCUT2D eigenvalue weighted by Crippen LogP contribution is -2.52. The van der Waals surface area contributed by atoms with Gasteiger partial charge in [-0.2, -0.15) is 0 Å². The molecule has 0 aliphatic heterocycles. The van der Waals surface area contributed by atoms with Crippen molar-refractivity contribution in [1.29, 1.82) is 0 Å². The number of imidazole rings is 1. The zero-order chi connectivity index (χ0) is 25.8. The fraction of sp³-hybridized carbons (Fsp3) is 0.621. The third-order valence-electron chi connectivity index (χ3n) is 10.4. The van der Waals surface area contributed by atoms with Gasteiger partial charge in [0.15, 0.2) is 17.2 Å².